The van der Waals surface area contributed by atoms with Crippen LogP contribution in [0.5, 0.6) is 11.5 Å². The van der Waals surface area contributed by atoms with Crippen molar-refractivity contribution in [3.8, 4) is 11.5 Å². The molecule has 0 saturated heterocycles. The van der Waals surface area contributed by atoms with Gasteiger partial charge in [-0.1, -0.05) is 0 Å². The molecule has 1 rings (SSSR count). The third-order valence-electron chi connectivity index (χ3n) is 2.86. The second kappa shape index (κ2) is 9.58. The van der Waals surface area contributed by atoms with E-state index < -0.39 is 0 Å². The van der Waals surface area contributed by atoms with E-state index in [0.29, 0.717) is 13.2 Å². The molecule has 0 bridgehead atoms. The number of rotatable bonds is 10. The first-order chi connectivity index (χ1) is 9.67. The molecule has 0 spiro atoms. The van der Waals surface area contributed by atoms with Crippen LogP contribution in [0.4, 0.5) is 0 Å². The van der Waals surface area contributed by atoms with Crippen molar-refractivity contribution in [2.24, 2.45) is 0 Å². The predicted octanol–water partition coefficient (Wildman–Crippen LogP) is 1.37. The van der Waals surface area contributed by atoms with Crippen LogP contribution < -0.4 is 14.8 Å². The molecule has 0 aliphatic heterocycles. The maximum atomic E-state index is 5.84. The molecule has 0 heterocycles. The van der Waals surface area contributed by atoms with E-state index in [2.05, 4.69) is 10.2 Å². The van der Waals surface area contributed by atoms with Gasteiger partial charge >= 0.3 is 0 Å². The van der Waals surface area contributed by atoms with E-state index in [-0.39, 0.29) is 0 Å². The van der Waals surface area contributed by atoms with E-state index >= 15 is 0 Å². The molecule has 0 saturated carbocycles. The van der Waals surface area contributed by atoms with Crippen LogP contribution in [0.25, 0.3) is 0 Å². The number of likely N-dealkylation sites (N-methyl/N-ethyl adjacent to an activating group) is 1. The number of hydrogen-bond donors (Lipinski definition) is 1. The minimum absolute atomic E-state index is 0.671. The van der Waals surface area contributed by atoms with Gasteiger partial charge in [-0.3, -0.25) is 0 Å². The van der Waals surface area contributed by atoms with Crippen molar-refractivity contribution < 1.29 is 14.2 Å². The van der Waals surface area contributed by atoms with Crippen molar-refractivity contribution in [1.29, 1.82) is 0 Å². The Labute approximate surface area is 121 Å². The molecule has 0 atom stereocenters. The fourth-order valence-electron chi connectivity index (χ4n) is 1.70. The Morgan fingerprint density at radius 1 is 1.15 bits per heavy atom. The summed E-state index contributed by atoms with van der Waals surface area (Å²) in [7, 11) is 7.43. The van der Waals surface area contributed by atoms with Gasteiger partial charge < -0.3 is 24.4 Å². The molecule has 114 valence electrons. The van der Waals surface area contributed by atoms with Gasteiger partial charge in [0.05, 0.1) is 13.7 Å². The summed E-state index contributed by atoms with van der Waals surface area (Å²) < 4.78 is 16.1. The molecule has 0 aliphatic rings. The van der Waals surface area contributed by atoms with E-state index in [4.69, 9.17) is 14.2 Å². The lowest BCUT2D eigenvalue weighted by Crippen LogP contribution is -2.21. The highest BCUT2D eigenvalue weighted by atomic mass is 16.5. The first-order valence-electron chi connectivity index (χ1n) is 6.81. The van der Waals surface area contributed by atoms with Gasteiger partial charge in [0.1, 0.15) is 18.1 Å². The largest absolute Gasteiger partial charge is 0.497 e. The minimum Gasteiger partial charge on any atom is -0.497 e. The maximum Gasteiger partial charge on any atom is 0.124 e. The second-order valence-electron chi connectivity index (χ2n) is 4.79. The Kier molecular flexibility index (Phi) is 8.02. The highest BCUT2D eigenvalue weighted by Crippen LogP contribution is 2.24. The van der Waals surface area contributed by atoms with Gasteiger partial charge in [-0.15, -0.1) is 0 Å². The molecule has 0 aromatic heterocycles. The molecule has 5 heteroatoms. The molecule has 0 radical (unpaired) electrons. The maximum absolute atomic E-state index is 5.84. The van der Waals surface area contributed by atoms with Crippen LogP contribution >= 0.6 is 0 Å². The summed E-state index contributed by atoms with van der Waals surface area (Å²) in [5, 5.41) is 3.32. The van der Waals surface area contributed by atoms with Crippen molar-refractivity contribution >= 4 is 0 Å². The summed E-state index contributed by atoms with van der Waals surface area (Å²) in [6, 6.07) is 5.89. The molecule has 0 amide bonds. The van der Waals surface area contributed by atoms with Crippen molar-refractivity contribution in [3.63, 3.8) is 0 Å². The van der Waals surface area contributed by atoms with Crippen LogP contribution in [0.1, 0.15) is 5.56 Å². The zero-order valence-corrected chi connectivity index (χ0v) is 12.9. The summed E-state index contributed by atoms with van der Waals surface area (Å²) >= 11 is 0. The fraction of sp³-hybridized carbons (Fsp3) is 0.600. The summed E-state index contributed by atoms with van der Waals surface area (Å²) in [6.07, 6.45) is 0. The average molecular weight is 282 g/mol. The molecule has 1 N–H and O–H groups in total. The molecule has 5 nitrogen and oxygen atoms in total. The molecule has 0 aliphatic carbocycles. The van der Waals surface area contributed by atoms with Crippen molar-refractivity contribution in [2.75, 3.05) is 54.6 Å². The molecule has 0 unspecified atom stereocenters. The van der Waals surface area contributed by atoms with Crippen LogP contribution in [-0.4, -0.2) is 59.5 Å². The van der Waals surface area contributed by atoms with Gasteiger partial charge in [-0.2, -0.15) is 0 Å². The van der Waals surface area contributed by atoms with Gasteiger partial charge in [-0.25, -0.2) is 0 Å². The SMILES string of the molecule is COCCNCc1cc(OC)ccc1OCCN(C)C. The first-order valence-corrected chi connectivity index (χ1v) is 6.81. The Bertz CT molecular complexity index is 383. The molecule has 0 fully saturated rings. The van der Waals surface area contributed by atoms with Crippen molar-refractivity contribution in [2.45, 2.75) is 6.54 Å². The Morgan fingerprint density at radius 3 is 2.60 bits per heavy atom. The number of benzene rings is 1. The minimum atomic E-state index is 0.671. The molecular formula is C15H26N2O3. The van der Waals surface area contributed by atoms with E-state index in [1.54, 1.807) is 14.2 Å². The molecule has 20 heavy (non-hydrogen) atoms. The van der Waals surface area contributed by atoms with E-state index in [1.807, 2.05) is 32.3 Å². The number of hydrogen-bond acceptors (Lipinski definition) is 5. The fourth-order valence-corrected chi connectivity index (χ4v) is 1.70. The lowest BCUT2D eigenvalue weighted by molar-refractivity contribution is 0.199. The quantitative estimate of drug-likeness (QED) is 0.657. The third-order valence-corrected chi connectivity index (χ3v) is 2.86. The number of methoxy groups -OCH3 is 2. The van der Waals surface area contributed by atoms with Crippen LogP contribution in [0.3, 0.4) is 0 Å². The van der Waals surface area contributed by atoms with Gasteiger partial charge in [0.2, 0.25) is 0 Å². The normalized spacial score (nSPS) is 10.8. The molecule has 1 aromatic rings. The van der Waals surface area contributed by atoms with Crippen LogP contribution in [0.15, 0.2) is 18.2 Å². The van der Waals surface area contributed by atoms with Crippen molar-refractivity contribution in [3.05, 3.63) is 23.8 Å². The Hall–Kier alpha value is -1.30. The summed E-state index contributed by atoms with van der Waals surface area (Å²) in [5.74, 6) is 1.74. The highest BCUT2D eigenvalue weighted by Gasteiger charge is 2.06. The zero-order chi connectivity index (χ0) is 14.8. The topological polar surface area (TPSA) is 43.0 Å². The molecule has 1 aromatic carbocycles. The predicted molar refractivity (Wildman–Crippen MR) is 80.6 cm³/mol. The summed E-state index contributed by atoms with van der Waals surface area (Å²) in [5.41, 5.74) is 1.10. The van der Waals surface area contributed by atoms with E-state index in [1.165, 1.54) is 0 Å². The highest BCUT2D eigenvalue weighted by molar-refractivity contribution is 5.40. The van der Waals surface area contributed by atoms with E-state index in [9.17, 15) is 0 Å². The Morgan fingerprint density at radius 2 is 1.95 bits per heavy atom. The molecular weight excluding hydrogens is 256 g/mol. The third kappa shape index (κ3) is 6.23. The summed E-state index contributed by atoms with van der Waals surface area (Å²) in [6.45, 7) is 3.80. The summed E-state index contributed by atoms with van der Waals surface area (Å²) in [4.78, 5) is 2.10. The number of ether oxygens (including phenoxy) is 3. The standard InChI is InChI=1S/C15H26N2O3/c1-17(2)8-10-20-15-6-5-14(19-4)11-13(15)12-16-7-9-18-3/h5-6,11,16H,7-10,12H2,1-4H3. The Balaban J connectivity index is 2.60. The number of nitrogens with one attached hydrogen (secondary N) is 1. The second-order valence-corrected chi connectivity index (χ2v) is 4.79. The van der Waals surface area contributed by atoms with Crippen LogP contribution in [0, 0.1) is 0 Å². The van der Waals surface area contributed by atoms with Gasteiger partial charge in [0.15, 0.2) is 0 Å². The smallest absolute Gasteiger partial charge is 0.124 e. The average Bonchev–Trinajstić information content (AvgIpc) is 2.44. The van der Waals surface area contributed by atoms with Gasteiger partial charge in [0.25, 0.3) is 0 Å². The lowest BCUT2D eigenvalue weighted by atomic mass is 10.2. The van der Waals surface area contributed by atoms with Gasteiger partial charge in [-0.05, 0) is 32.3 Å². The zero-order valence-electron chi connectivity index (χ0n) is 12.9. The van der Waals surface area contributed by atoms with Gasteiger partial charge in [0, 0.05) is 32.3 Å². The monoisotopic (exact) mass is 282 g/mol. The van der Waals surface area contributed by atoms with Crippen LogP contribution in [-0.2, 0) is 11.3 Å². The first kappa shape index (κ1) is 16.8. The lowest BCUT2D eigenvalue weighted by Gasteiger charge is -2.15. The van der Waals surface area contributed by atoms with Crippen molar-refractivity contribution in [1.82, 2.24) is 10.2 Å². The van der Waals surface area contributed by atoms with Crippen LogP contribution in [0.2, 0.25) is 0 Å². The number of nitrogens with zero attached hydrogens (tertiary/aromatic N) is 1. The van der Waals surface area contributed by atoms with E-state index in [0.717, 1.165) is 36.7 Å².